The molecule has 0 spiro atoms. The number of carbonyl (C=O) groups is 1. The van der Waals surface area contributed by atoms with Gasteiger partial charge in [-0.25, -0.2) is 0 Å². The Labute approximate surface area is 117 Å². The van der Waals surface area contributed by atoms with Gasteiger partial charge in [-0.15, -0.1) is 0 Å². The largest absolute Gasteiger partial charge is 0.359 e. The molecule has 0 radical (unpaired) electrons. The van der Waals surface area contributed by atoms with Crippen molar-refractivity contribution < 1.29 is 4.79 Å². The summed E-state index contributed by atoms with van der Waals surface area (Å²) in [4.78, 5) is 16.1. The van der Waals surface area contributed by atoms with E-state index in [0.717, 1.165) is 39.0 Å². The molecule has 0 aromatic rings. The van der Waals surface area contributed by atoms with Gasteiger partial charge in [0.25, 0.3) is 0 Å². The third-order valence-electron chi connectivity index (χ3n) is 3.80. The van der Waals surface area contributed by atoms with E-state index < -0.39 is 0 Å². The van der Waals surface area contributed by atoms with Crippen LogP contribution < -0.4 is 11.1 Å². The monoisotopic (exact) mass is 270 g/mol. The number of piperazine rings is 1. The van der Waals surface area contributed by atoms with Crippen molar-refractivity contribution in [2.24, 2.45) is 5.73 Å². The van der Waals surface area contributed by atoms with Gasteiger partial charge in [-0.05, 0) is 38.9 Å². The van der Waals surface area contributed by atoms with E-state index in [2.05, 4.69) is 15.1 Å². The minimum Gasteiger partial charge on any atom is -0.359 e. The average Bonchev–Trinajstić information content (AvgIpc) is 2.45. The van der Waals surface area contributed by atoms with Crippen molar-refractivity contribution in [2.45, 2.75) is 32.1 Å². The van der Waals surface area contributed by atoms with Crippen molar-refractivity contribution in [3.8, 4) is 0 Å². The molecule has 0 atom stereocenters. The van der Waals surface area contributed by atoms with Crippen molar-refractivity contribution in [3.05, 3.63) is 0 Å². The molecule has 0 unspecified atom stereocenters. The molecule has 1 rings (SSSR count). The van der Waals surface area contributed by atoms with Crippen molar-refractivity contribution >= 4 is 5.91 Å². The maximum absolute atomic E-state index is 11.1. The number of rotatable bonds is 9. The van der Waals surface area contributed by atoms with Crippen LogP contribution in [0.3, 0.4) is 0 Å². The Morgan fingerprint density at radius 1 is 1.00 bits per heavy atom. The normalized spacial score (nSPS) is 17.6. The van der Waals surface area contributed by atoms with E-state index in [4.69, 9.17) is 5.73 Å². The molecule has 0 aliphatic carbocycles. The topological polar surface area (TPSA) is 61.6 Å². The Morgan fingerprint density at radius 3 is 2.11 bits per heavy atom. The lowest BCUT2D eigenvalue weighted by Gasteiger charge is -2.34. The van der Waals surface area contributed by atoms with E-state index >= 15 is 0 Å². The van der Waals surface area contributed by atoms with Gasteiger partial charge in [0.05, 0.1) is 0 Å². The maximum atomic E-state index is 11.1. The number of unbranched alkanes of at least 4 members (excludes halogenated alkanes) is 2. The van der Waals surface area contributed by atoms with Crippen molar-refractivity contribution in [2.75, 3.05) is 52.9 Å². The summed E-state index contributed by atoms with van der Waals surface area (Å²) in [5, 5.41) is 2.67. The summed E-state index contributed by atoms with van der Waals surface area (Å²) in [6, 6.07) is 0. The van der Waals surface area contributed by atoms with Gasteiger partial charge in [-0.3, -0.25) is 4.79 Å². The van der Waals surface area contributed by atoms with Crippen LogP contribution in [0.5, 0.6) is 0 Å². The van der Waals surface area contributed by atoms with E-state index in [0.29, 0.717) is 6.42 Å². The van der Waals surface area contributed by atoms with Crippen LogP contribution in [-0.4, -0.2) is 68.6 Å². The fourth-order valence-electron chi connectivity index (χ4n) is 2.48. The second-order valence-electron chi connectivity index (χ2n) is 5.31. The molecular formula is C14H30N4O. The molecule has 1 saturated heterocycles. The van der Waals surface area contributed by atoms with Crippen LogP contribution in [0.1, 0.15) is 32.1 Å². The zero-order chi connectivity index (χ0) is 13.9. The first kappa shape index (κ1) is 16.4. The highest BCUT2D eigenvalue weighted by atomic mass is 16.1. The molecule has 1 aliphatic rings. The number of nitrogens with two attached hydrogens (primary N) is 1. The highest BCUT2D eigenvalue weighted by Crippen LogP contribution is 2.05. The van der Waals surface area contributed by atoms with E-state index in [9.17, 15) is 4.79 Å². The lowest BCUT2D eigenvalue weighted by molar-refractivity contribution is -0.120. The number of hydrogen-bond donors (Lipinski definition) is 2. The zero-order valence-corrected chi connectivity index (χ0v) is 12.4. The zero-order valence-electron chi connectivity index (χ0n) is 12.4. The predicted molar refractivity (Wildman–Crippen MR) is 79.1 cm³/mol. The Hall–Kier alpha value is -0.650. The minimum atomic E-state index is 0.151. The number of nitrogens with one attached hydrogen (secondary N) is 1. The van der Waals surface area contributed by atoms with Gasteiger partial charge in [-0.1, -0.05) is 6.42 Å². The van der Waals surface area contributed by atoms with Crippen LogP contribution in [0.25, 0.3) is 0 Å². The Balaban J connectivity index is 2.00. The molecule has 1 aliphatic heterocycles. The standard InChI is InChI=1S/C14H30N4O/c1-16-14(19)6-5-9-18-12-10-17(11-13-18)8-4-2-3-7-15/h2-13,15H2,1H3,(H,16,19). The molecule has 1 amide bonds. The first-order chi connectivity index (χ1) is 9.26. The molecule has 5 heteroatoms. The molecule has 3 N–H and O–H groups in total. The van der Waals surface area contributed by atoms with Crippen LogP contribution in [0.15, 0.2) is 0 Å². The van der Waals surface area contributed by atoms with Gasteiger partial charge in [0.15, 0.2) is 0 Å². The average molecular weight is 270 g/mol. The first-order valence-corrected chi connectivity index (χ1v) is 7.61. The third kappa shape index (κ3) is 7.50. The molecule has 0 aromatic carbocycles. The Morgan fingerprint density at radius 2 is 1.58 bits per heavy atom. The van der Waals surface area contributed by atoms with Crippen molar-refractivity contribution in [1.82, 2.24) is 15.1 Å². The SMILES string of the molecule is CNC(=O)CCCN1CCN(CCCCCN)CC1. The van der Waals surface area contributed by atoms with E-state index in [1.807, 2.05) is 0 Å². The molecule has 5 nitrogen and oxygen atoms in total. The number of carbonyl (C=O) groups excluding carboxylic acids is 1. The summed E-state index contributed by atoms with van der Waals surface area (Å²) in [5.74, 6) is 0.151. The fraction of sp³-hybridized carbons (Fsp3) is 0.929. The van der Waals surface area contributed by atoms with E-state index in [1.54, 1.807) is 7.05 Å². The smallest absolute Gasteiger partial charge is 0.219 e. The highest BCUT2D eigenvalue weighted by molar-refractivity contribution is 5.75. The van der Waals surface area contributed by atoms with Crippen LogP contribution in [-0.2, 0) is 4.79 Å². The predicted octanol–water partition coefficient (Wildman–Crippen LogP) is 0.259. The number of amides is 1. The molecule has 112 valence electrons. The number of nitrogens with zero attached hydrogens (tertiary/aromatic N) is 2. The molecule has 0 saturated carbocycles. The second kappa shape index (κ2) is 10.2. The van der Waals surface area contributed by atoms with Crippen molar-refractivity contribution in [3.63, 3.8) is 0 Å². The molecule has 0 aromatic heterocycles. The lowest BCUT2D eigenvalue weighted by atomic mass is 10.2. The quantitative estimate of drug-likeness (QED) is 0.590. The van der Waals surface area contributed by atoms with Crippen molar-refractivity contribution in [1.29, 1.82) is 0 Å². The van der Waals surface area contributed by atoms with Gasteiger partial charge in [0.2, 0.25) is 5.91 Å². The maximum Gasteiger partial charge on any atom is 0.219 e. The summed E-state index contributed by atoms with van der Waals surface area (Å²) in [6.07, 6.45) is 5.29. The Kier molecular flexibility index (Phi) is 8.79. The van der Waals surface area contributed by atoms with E-state index in [-0.39, 0.29) is 5.91 Å². The van der Waals surface area contributed by atoms with Gasteiger partial charge < -0.3 is 20.9 Å². The minimum absolute atomic E-state index is 0.151. The third-order valence-corrected chi connectivity index (χ3v) is 3.80. The summed E-state index contributed by atoms with van der Waals surface area (Å²) in [6.45, 7) is 7.71. The summed E-state index contributed by atoms with van der Waals surface area (Å²) < 4.78 is 0. The lowest BCUT2D eigenvalue weighted by Crippen LogP contribution is -2.46. The summed E-state index contributed by atoms with van der Waals surface area (Å²) >= 11 is 0. The van der Waals surface area contributed by atoms with Gasteiger partial charge in [0.1, 0.15) is 0 Å². The molecule has 0 bridgehead atoms. The summed E-state index contributed by atoms with van der Waals surface area (Å²) in [7, 11) is 1.70. The van der Waals surface area contributed by atoms with Crippen LogP contribution >= 0.6 is 0 Å². The number of hydrogen-bond acceptors (Lipinski definition) is 4. The Bertz CT molecular complexity index is 240. The fourth-order valence-corrected chi connectivity index (χ4v) is 2.48. The molecular weight excluding hydrogens is 240 g/mol. The highest BCUT2D eigenvalue weighted by Gasteiger charge is 2.15. The molecule has 1 fully saturated rings. The first-order valence-electron chi connectivity index (χ1n) is 7.61. The van der Waals surface area contributed by atoms with Gasteiger partial charge in [0, 0.05) is 39.6 Å². The van der Waals surface area contributed by atoms with Gasteiger partial charge >= 0.3 is 0 Å². The molecule has 19 heavy (non-hydrogen) atoms. The summed E-state index contributed by atoms with van der Waals surface area (Å²) in [5.41, 5.74) is 5.50. The van der Waals surface area contributed by atoms with Crippen LogP contribution in [0.4, 0.5) is 0 Å². The van der Waals surface area contributed by atoms with E-state index in [1.165, 1.54) is 32.5 Å². The van der Waals surface area contributed by atoms with Gasteiger partial charge in [-0.2, -0.15) is 0 Å². The van der Waals surface area contributed by atoms with Crippen LogP contribution in [0, 0.1) is 0 Å². The second-order valence-corrected chi connectivity index (χ2v) is 5.31. The molecule has 1 heterocycles. The van der Waals surface area contributed by atoms with Crippen LogP contribution in [0.2, 0.25) is 0 Å².